The Hall–Kier alpha value is -1.38. The monoisotopic (exact) mass is 404 g/mol. The van der Waals surface area contributed by atoms with Gasteiger partial charge in [0.05, 0.1) is 11.8 Å². The van der Waals surface area contributed by atoms with Crippen molar-refractivity contribution in [3.8, 4) is 0 Å². The Kier molecular flexibility index (Phi) is 6.60. The number of halogens is 2. The average Bonchev–Trinajstić information content (AvgIpc) is 3.32. The first-order valence-electron chi connectivity index (χ1n) is 9.63. The molecule has 3 aliphatic rings. The Bertz CT molecular complexity index is 705. The van der Waals surface area contributed by atoms with Crippen LogP contribution in [0.1, 0.15) is 19.3 Å². The lowest BCUT2D eigenvalue weighted by Crippen LogP contribution is -2.26. The maximum absolute atomic E-state index is 11.9. The molecule has 0 saturated heterocycles. The summed E-state index contributed by atoms with van der Waals surface area (Å²) >= 11 is 11.5. The van der Waals surface area contributed by atoms with Crippen LogP contribution < -0.4 is 0 Å². The number of carbonyl (C=O) groups excluding carboxylic acids is 2. The molecule has 3 aliphatic carbocycles. The highest BCUT2D eigenvalue weighted by Gasteiger charge is 2.47. The van der Waals surface area contributed by atoms with E-state index in [1.807, 2.05) is 12.2 Å². The summed E-state index contributed by atoms with van der Waals surface area (Å²) in [5.41, 5.74) is 0. The van der Waals surface area contributed by atoms with Crippen molar-refractivity contribution in [3.63, 3.8) is 0 Å². The SMILES string of the molecule is C=CC1CC(C=CC=CC2C[C@@H](C=C)C(C(=O)Cl)[C@H]2C(=O)Cl)C2CC=CC12. The molecule has 6 unspecified atom stereocenters. The molecule has 0 aromatic rings. The van der Waals surface area contributed by atoms with Gasteiger partial charge in [0.25, 0.3) is 0 Å². The highest BCUT2D eigenvalue weighted by Crippen LogP contribution is 2.49. The van der Waals surface area contributed by atoms with Crippen molar-refractivity contribution in [2.75, 3.05) is 0 Å². The second kappa shape index (κ2) is 8.75. The molecule has 4 heteroatoms. The average molecular weight is 405 g/mol. The quantitative estimate of drug-likeness (QED) is 0.309. The van der Waals surface area contributed by atoms with E-state index in [9.17, 15) is 9.59 Å². The van der Waals surface area contributed by atoms with Crippen LogP contribution in [-0.2, 0) is 9.59 Å². The van der Waals surface area contributed by atoms with E-state index in [4.69, 9.17) is 23.2 Å². The largest absolute Gasteiger partial charge is 0.281 e. The maximum atomic E-state index is 11.9. The van der Waals surface area contributed by atoms with E-state index in [0.29, 0.717) is 30.1 Å². The van der Waals surface area contributed by atoms with Crippen molar-refractivity contribution in [2.24, 2.45) is 47.3 Å². The number of carbonyl (C=O) groups is 2. The lowest BCUT2D eigenvalue weighted by molar-refractivity contribution is -0.124. The molecule has 0 radical (unpaired) electrons. The molecule has 3 rings (SSSR count). The maximum Gasteiger partial charge on any atom is 0.226 e. The van der Waals surface area contributed by atoms with Crippen LogP contribution >= 0.6 is 23.2 Å². The topological polar surface area (TPSA) is 34.1 Å². The molecule has 27 heavy (non-hydrogen) atoms. The molecule has 2 saturated carbocycles. The first-order chi connectivity index (χ1) is 13.0. The van der Waals surface area contributed by atoms with Crippen molar-refractivity contribution < 1.29 is 9.59 Å². The van der Waals surface area contributed by atoms with Crippen LogP contribution in [0, 0.1) is 47.3 Å². The van der Waals surface area contributed by atoms with Gasteiger partial charge in [-0.1, -0.05) is 48.6 Å². The summed E-state index contributed by atoms with van der Waals surface area (Å²) in [7, 11) is 0. The second-order valence-corrected chi connectivity index (χ2v) is 8.68. The van der Waals surface area contributed by atoms with Gasteiger partial charge in [0, 0.05) is 0 Å². The molecular formula is C23H26Cl2O2. The minimum Gasteiger partial charge on any atom is -0.281 e. The summed E-state index contributed by atoms with van der Waals surface area (Å²) in [6.45, 7) is 7.77. The lowest BCUT2D eigenvalue weighted by Gasteiger charge is -2.17. The standard InChI is InChI=1S/C23H26Cl2O2/c1-3-14-12-16(19-11-7-10-18(14)19)8-5-6-9-17-13-15(4-2)20(22(24)26)21(17)23(25)27/h3-10,14-21H,1-2,11-13H2/t14?,15-,16?,17?,18?,19?,20?,21+/m1/s1. The van der Waals surface area contributed by atoms with E-state index in [1.54, 1.807) is 6.08 Å². The molecule has 0 heterocycles. The van der Waals surface area contributed by atoms with Crippen molar-refractivity contribution >= 4 is 33.7 Å². The Morgan fingerprint density at radius 3 is 2.00 bits per heavy atom. The molecule has 0 spiro atoms. The van der Waals surface area contributed by atoms with E-state index < -0.39 is 22.3 Å². The molecule has 8 atom stereocenters. The minimum absolute atomic E-state index is 0.0965. The van der Waals surface area contributed by atoms with E-state index in [-0.39, 0.29) is 11.8 Å². The van der Waals surface area contributed by atoms with Crippen molar-refractivity contribution in [1.29, 1.82) is 0 Å². The van der Waals surface area contributed by atoms with Crippen molar-refractivity contribution in [1.82, 2.24) is 0 Å². The predicted octanol–water partition coefficient (Wildman–Crippen LogP) is 5.70. The van der Waals surface area contributed by atoms with Gasteiger partial charge in [0.2, 0.25) is 10.5 Å². The third-order valence-electron chi connectivity index (χ3n) is 6.66. The minimum atomic E-state index is -0.582. The molecule has 0 N–H and O–H groups in total. The van der Waals surface area contributed by atoms with Crippen LogP contribution in [0.25, 0.3) is 0 Å². The number of hydrogen-bond acceptors (Lipinski definition) is 2. The van der Waals surface area contributed by atoms with Gasteiger partial charge in [-0.15, -0.1) is 13.2 Å². The van der Waals surface area contributed by atoms with E-state index in [2.05, 4.69) is 43.5 Å². The van der Waals surface area contributed by atoms with Crippen LogP contribution in [0.3, 0.4) is 0 Å². The zero-order valence-electron chi connectivity index (χ0n) is 15.3. The molecule has 2 nitrogen and oxygen atoms in total. The van der Waals surface area contributed by atoms with Crippen LogP contribution in [0.15, 0.2) is 61.8 Å². The fraction of sp³-hybridized carbons (Fsp3) is 0.478. The van der Waals surface area contributed by atoms with Crippen molar-refractivity contribution in [3.05, 3.63) is 61.8 Å². The zero-order valence-corrected chi connectivity index (χ0v) is 16.9. The highest BCUT2D eigenvalue weighted by atomic mass is 35.5. The molecule has 0 amide bonds. The summed E-state index contributed by atoms with van der Waals surface area (Å²) in [4.78, 5) is 23.7. The van der Waals surface area contributed by atoms with Gasteiger partial charge in [0.1, 0.15) is 0 Å². The van der Waals surface area contributed by atoms with Crippen molar-refractivity contribution in [2.45, 2.75) is 19.3 Å². The number of fused-ring (bicyclic) bond motifs is 1. The Labute approximate surface area is 171 Å². The van der Waals surface area contributed by atoms with Crippen LogP contribution in [0.2, 0.25) is 0 Å². The second-order valence-electron chi connectivity index (χ2n) is 7.93. The Morgan fingerprint density at radius 1 is 0.852 bits per heavy atom. The highest BCUT2D eigenvalue weighted by molar-refractivity contribution is 6.66. The summed E-state index contributed by atoms with van der Waals surface area (Å²) < 4.78 is 0. The molecule has 0 aromatic carbocycles. The third kappa shape index (κ3) is 4.07. The van der Waals surface area contributed by atoms with Gasteiger partial charge in [-0.25, -0.2) is 0 Å². The number of rotatable bonds is 7. The predicted molar refractivity (Wildman–Crippen MR) is 111 cm³/mol. The Balaban J connectivity index is 1.67. The van der Waals surface area contributed by atoms with Gasteiger partial charge in [0.15, 0.2) is 0 Å². The van der Waals surface area contributed by atoms with Crippen LogP contribution in [0.4, 0.5) is 0 Å². The fourth-order valence-electron chi connectivity index (χ4n) is 5.35. The normalized spacial score (nSPS) is 40.7. The van der Waals surface area contributed by atoms with Gasteiger partial charge < -0.3 is 0 Å². The molecule has 0 bridgehead atoms. The van der Waals surface area contributed by atoms with Crippen LogP contribution in [-0.4, -0.2) is 10.5 Å². The molecular weight excluding hydrogens is 379 g/mol. The first kappa shape index (κ1) is 20.4. The zero-order chi connectivity index (χ0) is 19.6. The van der Waals surface area contributed by atoms with Gasteiger partial charge in [-0.05, 0) is 78.0 Å². The number of allylic oxidation sites excluding steroid dienone is 8. The van der Waals surface area contributed by atoms with E-state index in [0.717, 1.165) is 12.8 Å². The summed E-state index contributed by atoms with van der Waals surface area (Å²) in [5.74, 6) is 1.03. The van der Waals surface area contributed by atoms with Crippen LogP contribution in [0.5, 0.6) is 0 Å². The fourth-order valence-corrected chi connectivity index (χ4v) is 5.94. The Morgan fingerprint density at radius 2 is 1.41 bits per heavy atom. The summed E-state index contributed by atoms with van der Waals surface area (Å²) in [6.07, 6.45) is 19.7. The van der Waals surface area contributed by atoms with Gasteiger partial charge >= 0.3 is 0 Å². The molecule has 2 fully saturated rings. The summed E-state index contributed by atoms with van der Waals surface area (Å²) in [6, 6.07) is 0. The van der Waals surface area contributed by atoms with Gasteiger partial charge in [-0.2, -0.15) is 0 Å². The van der Waals surface area contributed by atoms with E-state index >= 15 is 0 Å². The number of hydrogen-bond donors (Lipinski definition) is 0. The molecule has 0 aliphatic heterocycles. The third-order valence-corrected chi connectivity index (χ3v) is 7.16. The lowest BCUT2D eigenvalue weighted by atomic mass is 9.88. The van der Waals surface area contributed by atoms with E-state index in [1.165, 1.54) is 0 Å². The molecule has 0 aromatic heterocycles. The smallest absolute Gasteiger partial charge is 0.226 e. The molecule has 144 valence electrons. The summed E-state index contributed by atoms with van der Waals surface area (Å²) in [5, 5.41) is -1.01. The first-order valence-corrected chi connectivity index (χ1v) is 10.4. The van der Waals surface area contributed by atoms with Gasteiger partial charge in [-0.3, -0.25) is 9.59 Å².